The molecule has 0 fully saturated rings. The van der Waals surface area contributed by atoms with Crippen molar-refractivity contribution >= 4 is 6.01 Å². The monoisotopic (exact) mass is 485 g/mol. The van der Waals surface area contributed by atoms with E-state index in [0.29, 0.717) is 0 Å². The van der Waals surface area contributed by atoms with Gasteiger partial charge in [0.15, 0.2) is 0 Å². The molecule has 0 atom stereocenters. The Morgan fingerprint density at radius 1 is 0.625 bits per heavy atom. The number of hydrogen-bond acceptors (Lipinski definition) is 0. The number of nitrogens with zero attached hydrogens (tertiary/aromatic N) is 2. The van der Waals surface area contributed by atoms with Crippen molar-refractivity contribution in [3.05, 3.63) is 10.8 Å². The van der Waals surface area contributed by atoms with Crippen LogP contribution in [0.5, 0.6) is 0 Å². The summed E-state index contributed by atoms with van der Waals surface area (Å²) < 4.78 is 0. The average molecular weight is 485 g/mol. The zero-order valence-corrected chi connectivity index (χ0v) is 18.5. The van der Waals surface area contributed by atoms with Gasteiger partial charge in [0.2, 0.25) is 0 Å². The minimum absolute atomic E-state index is 0. The van der Waals surface area contributed by atoms with Crippen molar-refractivity contribution in [1.29, 1.82) is 0 Å². The van der Waals surface area contributed by atoms with Gasteiger partial charge in [-0.25, -0.2) is 0 Å². The van der Waals surface area contributed by atoms with Crippen LogP contribution in [0.1, 0.15) is 0 Å². The predicted octanol–water partition coefficient (Wildman–Crippen LogP) is 0.287. The van der Waals surface area contributed by atoms with E-state index in [4.69, 9.17) is 10.8 Å². The van der Waals surface area contributed by atoms with Gasteiger partial charge in [-0.15, -0.1) is 0 Å². The van der Waals surface area contributed by atoms with Crippen molar-refractivity contribution in [2.24, 2.45) is 0 Å². The Hall–Kier alpha value is 4.90. The molecule has 0 rings (SSSR count). The summed E-state index contributed by atoms with van der Waals surface area (Å²) >= 11 is 0. The van der Waals surface area contributed by atoms with Gasteiger partial charge in [0.25, 0.3) is 0 Å². The van der Waals surface area contributed by atoms with Gasteiger partial charge in [0, 0.05) is 164 Å². The third kappa shape index (κ3) is 44.5. The minimum Gasteiger partial charge on any atom is -0.786 e. The van der Waals surface area contributed by atoms with Crippen LogP contribution < -0.4 is 0 Å². The molecule has 0 aromatic rings. The maximum Gasteiger partial charge on any atom is 0 e. The molecule has 31 valence electrons. The van der Waals surface area contributed by atoms with Gasteiger partial charge < -0.3 is 16.8 Å². The molecule has 0 heterocycles. The summed E-state index contributed by atoms with van der Waals surface area (Å²) in [5, 5.41) is 13.8. The van der Waals surface area contributed by atoms with Gasteiger partial charge >= 0.3 is 0 Å². The second-order valence-electron chi connectivity index (χ2n) is 0.100. The number of hydrogen-bond donors (Lipinski definition) is 0. The van der Waals surface area contributed by atoms with Gasteiger partial charge in [-0.2, -0.15) is 0 Å². The summed E-state index contributed by atoms with van der Waals surface area (Å²) in [7, 11) is 0. The summed E-state index contributed by atoms with van der Waals surface area (Å²) in [6.07, 6.45) is 0. The van der Waals surface area contributed by atoms with Gasteiger partial charge in [-0.1, -0.05) is 0 Å². The first-order valence-corrected chi connectivity index (χ1v) is 0.447. The molecule has 0 aliphatic rings. The van der Waals surface area contributed by atoms with Crippen LogP contribution in [0, 0.1) is 0 Å². The Morgan fingerprint density at radius 3 is 0.625 bits per heavy atom. The smallest absolute Gasteiger partial charge is 0 e. The van der Waals surface area contributed by atoms with Crippen LogP contribution in [0.3, 0.4) is 0 Å². The van der Waals surface area contributed by atoms with Crippen molar-refractivity contribution < 1.29 is 164 Å². The molecule has 0 aliphatic carbocycles. The number of rotatable bonds is 0. The van der Waals surface area contributed by atoms with E-state index in [1.54, 1.807) is 0 Å². The van der Waals surface area contributed by atoms with Gasteiger partial charge in [-0.05, 0) is 0 Å². The fourth-order valence-corrected chi connectivity index (χ4v) is 0. The van der Waals surface area contributed by atoms with E-state index in [-0.39, 0.29) is 164 Å². The maximum atomic E-state index is 6.88. The molecular formula is CN2Y5-2. The molecule has 0 N–H and O–H groups in total. The van der Waals surface area contributed by atoms with E-state index in [1.807, 2.05) is 0 Å². The van der Waals surface area contributed by atoms with Crippen LogP contribution in [0.2, 0.25) is 0 Å². The van der Waals surface area contributed by atoms with E-state index >= 15 is 0 Å². The summed E-state index contributed by atoms with van der Waals surface area (Å²) in [5.74, 6) is 0. The van der Waals surface area contributed by atoms with Crippen LogP contribution in [-0.4, -0.2) is 6.01 Å². The van der Waals surface area contributed by atoms with Crippen molar-refractivity contribution in [1.82, 2.24) is 0 Å². The normalized spacial score (nSPS) is 1.00. The van der Waals surface area contributed by atoms with Crippen molar-refractivity contribution in [3.8, 4) is 0 Å². The Bertz CT molecular complexity index is 31.4. The Balaban J connectivity index is -0.00000000200. The molecular weight excluding hydrogens is 485 g/mol. The van der Waals surface area contributed by atoms with E-state index in [9.17, 15) is 0 Å². The quantitative estimate of drug-likeness (QED) is 0.444. The van der Waals surface area contributed by atoms with Crippen molar-refractivity contribution in [2.75, 3.05) is 0 Å². The molecule has 0 aromatic carbocycles. The predicted molar refractivity (Wildman–Crippen MR) is 11.7 cm³/mol. The molecule has 5 radical (unpaired) electrons. The zero-order chi connectivity index (χ0) is 2.71. The first kappa shape index (κ1) is 38.4. The van der Waals surface area contributed by atoms with Crippen LogP contribution in [0.4, 0.5) is 0 Å². The molecule has 2 nitrogen and oxygen atoms in total. The van der Waals surface area contributed by atoms with E-state index in [2.05, 4.69) is 0 Å². The molecule has 0 saturated heterocycles. The fourth-order valence-electron chi connectivity index (χ4n) is 0. The summed E-state index contributed by atoms with van der Waals surface area (Å²) in [6.45, 7) is 0. The van der Waals surface area contributed by atoms with Gasteiger partial charge in [0.1, 0.15) is 0 Å². The third-order valence-corrected chi connectivity index (χ3v) is 0. The first-order chi connectivity index (χ1) is 1.41. The van der Waals surface area contributed by atoms with E-state index < -0.39 is 0 Å². The fraction of sp³-hybridized carbons (Fsp3) is 0. The molecule has 0 aromatic heterocycles. The first-order valence-electron chi connectivity index (χ1n) is 0.447. The summed E-state index contributed by atoms with van der Waals surface area (Å²) in [6, 6.07) is 0.750. The van der Waals surface area contributed by atoms with E-state index in [1.165, 1.54) is 0 Å². The second kappa shape index (κ2) is 40.6. The Morgan fingerprint density at radius 2 is 0.625 bits per heavy atom. The maximum absolute atomic E-state index is 6.88. The average Bonchev–Trinajstić information content (AvgIpc) is 0.918. The molecule has 0 unspecified atom stereocenters. The Kier molecular flexibility index (Phi) is 195. The van der Waals surface area contributed by atoms with Crippen LogP contribution in [-0.2, 0) is 164 Å². The topological polar surface area (TPSA) is 44.6 Å². The van der Waals surface area contributed by atoms with Crippen molar-refractivity contribution in [2.45, 2.75) is 0 Å². The molecule has 7 heteroatoms. The second-order valence-corrected chi connectivity index (χ2v) is 0.100. The van der Waals surface area contributed by atoms with Crippen molar-refractivity contribution in [3.63, 3.8) is 0 Å². The third-order valence-electron chi connectivity index (χ3n) is 0. The molecule has 0 amide bonds. The standard InChI is InChI=1S/CN2.5Y/c2-1-3;;;;;/q-2;;;;;. The summed E-state index contributed by atoms with van der Waals surface area (Å²) in [5.41, 5.74) is 0. The minimum atomic E-state index is 0. The molecule has 0 aliphatic heterocycles. The summed E-state index contributed by atoms with van der Waals surface area (Å²) in [4.78, 5) is 0. The largest absolute Gasteiger partial charge is 0.786 e. The van der Waals surface area contributed by atoms with Gasteiger partial charge in [0.05, 0.1) is 0 Å². The zero-order valence-electron chi connectivity index (χ0n) is 4.28. The van der Waals surface area contributed by atoms with Gasteiger partial charge in [-0.3, -0.25) is 0 Å². The SMILES string of the molecule is [N-]=C=[N-].[Y].[Y].[Y].[Y].[Y]. The molecule has 0 saturated carbocycles. The van der Waals surface area contributed by atoms with Crippen LogP contribution in [0.25, 0.3) is 10.8 Å². The van der Waals surface area contributed by atoms with Crippen LogP contribution in [0.15, 0.2) is 0 Å². The molecule has 0 bridgehead atoms. The van der Waals surface area contributed by atoms with Crippen LogP contribution >= 0.6 is 0 Å². The molecule has 8 heavy (non-hydrogen) atoms. The molecule has 0 spiro atoms. The Labute approximate surface area is 175 Å². The van der Waals surface area contributed by atoms with E-state index in [0.717, 1.165) is 6.01 Å².